The van der Waals surface area contributed by atoms with Gasteiger partial charge in [-0.3, -0.25) is 9.59 Å². The summed E-state index contributed by atoms with van der Waals surface area (Å²) in [6.45, 7) is 0.405. The number of hydrogen-bond acceptors (Lipinski definition) is 3. The van der Waals surface area contributed by atoms with E-state index in [0.29, 0.717) is 37.0 Å². The van der Waals surface area contributed by atoms with Crippen molar-refractivity contribution >= 4 is 18.0 Å². The second-order valence-electron chi connectivity index (χ2n) is 8.12. The van der Waals surface area contributed by atoms with Gasteiger partial charge in [0.1, 0.15) is 11.6 Å². The SMILES string of the molecule is O=CNCc1ccc(C2C(CCC(O)c3ccc(F)cc3)C(=O)N2c2ccc(F)cc2)cc1. The lowest BCUT2D eigenvalue weighted by Crippen LogP contribution is -2.55. The fourth-order valence-electron chi connectivity index (χ4n) is 4.28. The number of halogens is 2. The number of β-lactam (4-membered cyclic amide) rings is 1. The zero-order valence-corrected chi connectivity index (χ0v) is 17.8. The summed E-state index contributed by atoms with van der Waals surface area (Å²) < 4.78 is 26.6. The monoisotopic (exact) mass is 450 g/mol. The second-order valence-corrected chi connectivity index (χ2v) is 8.12. The number of nitrogens with one attached hydrogen (secondary N) is 1. The molecule has 170 valence electrons. The van der Waals surface area contributed by atoms with Gasteiger partial charge in [0.2, 0.25) is 12.3 Å². The summed E-state index contributed by atoms with van der Waals surface area (Å²) in [6.07, 6.45) is 0.610. The molecular weight excluding hydrogens is 426 g/mol. The van der Waals surface area contributed by atoms with E-state index >= 15 is 0 Å². The van der Waals surface area contributed by atoms with Crippen molar-refractivity contribution in [1.82, 2.24) is 5.32 Å². The van der Waals surface area contributed by atoms with E-state index in [9.17, 15) is 23.5 Å². The summed E-state index contributed by atoms with van der Waals surface area (Å²) in [5.41, 5.74) is 3.04. The van der Waals surface area contributed by atoms with E-state index in [2.05, 4.69) is 5.32 Å². The first-order valence-corrected chi connectivity index (χ1v) is 10.8. The van der Waals surface area contributed by atoms with Gasteiger partial charge in [0.15, 0.2) is 0 Å². The van der Waals surface area contributed by atoms with Crippen molar-refractivity contribution < 1.29 is 23.5 Å². The highest BCUT2D eigenvalue weighted by Crippen LogP contribution is 2.46. The molecule has 7 heteroatoms. The number of hydrogen-bond donors (Lipinski definition) is 2. The standard InChI is InChI=1S/C26H24F2N2O3/c27-20-7-5-18(6-8-20)24(32)14-13-23-25(19-3-1-17(2-4-19)15-29-16-31)30(26(23)33)22-11-9-21(28)10-12-22/h1-12,16,23-25,32H,13-15H2,(H,29,31). The van der Waals surface area contributed by atoms with Crippen LogP contribution in [-0.2, 0) is 16.1 Å². The van der Waals surface area contributed by atoms with Gasteiger partial charge in [0, 0.05) is 12.2 Å². The molecule has 4 rings (SSSR count). The first-order valence-electron chi connectivity index (χ1n) is 10.8. The molecule has 3 aromatic carbocycles. The molecule has 33 heavy (non-hydrogen) atoms. The lowest BCUT2D eigenvalue weighted by Gasteiger charge is -2.48. The van der Waals surface area contributed by atoms with Gasteiger partial charge < -0.3 is 15.3 Å². The predicted molar refractivity (Wildman–Crippen MR) is 120 cm³/mol. The first-order chi connectivity index (χ1) is 16.0. The number of amides is 2. The molecule has 1 fully saturated rings. The molecular formula is C26H24F2N2O3. The van der Waals surface area contributed by atoms with Gasteiger partial charge in [-0.1, -0.05) is 36.4 Å². The Morgan fingerprint density at radius 3 is 2.15 bits per heavy atom. The molecule has 3 atom stereocenters. The lowest BCUT2D eigenvalue weighted by molar-refractivity contribution is -0.131. The molecule has 1 aliphatic rings. The van der Waals surface area contributed by atoms with Crippen LogP contribution in [0.5, 0.6) is 0 Å². The third-order valence-electron chi connectivity index (χ3n) is 6.04. The van der Waals surface area contributed by atoms with E-state index in [4.69, 9.17) is 0 Å². The van der Waals surface area contributed by atoms with Crippen LogP contribution in [0.25, 0.3) is 0 Å². The molecule has 2 N–H and O–H groups in total. The minimum Gasteiger partial charge on any atom is -0.388 e. The molecule has 2 amide bonds. The summed E-state index contributed by atoms with van der Waals surface area (Å²) in [5, 5.41) is 13.1. The number of carbonyl (C=O) groups is 2. The molecule has 0 spiro atoms. The fourth-order valence-corrected chi connectivity index (χ4v) is 4.28. The largest absolute Gasteiger partial charge is 0.388 e. The van der Waals surface area contributed by atoms with Gasteiger partial charge in [0.05, 0.1) is 18.1 Å². The lowest BCUT2D eigenvalue weighted by atomic mass is 9.78. The van der Waals surface area contributed by atoms with E-state index in [1.807, 2.05) is 24.3 Å². The zero-order chi connectivity index (χ0) is 23.4. The van der Waals surface area contributed by atoms with Gasteiger partial charge in [-0.2, -0.15) is 0 Å². The Hall–Kier alpha value is -3.58. The quantitative estimate of drug-likeness (QED) is 0.374. The highest BCUT2D eigenvalue weighted by Gasteiger charge is 2.48. The average molecular weight is 450 g/mol. The smallest absolute Gasteiger partial charge is 0.233 e. The Balaban J connectivity index is 1.54. The van der Waals surface area contributed by atoms with E-state index in [-0.39, 0.29) is 29.5 Å². The van der Waals surface area contributed by atoms with Crippen LogP contribution in [0.3, 0.4) is 0 Å². The molecule has 0 bridgehead atoms. The van der Waals surface area contributed by atoms with E-state index in [1.54, 1.807) is 17.0 Å². The van der Waals surface area contributed by atoms with Crippen molar-refractivity contribution in [2.24, 2.45) is 5.92 Å². The minimum atomic E-state index is -0.810. The van der Waals surface area contributed by atoms with Crippen molar-refractivity contribution in [3.8, 4) is 0 Å². The van der Waals surface area contributed by atoms with Crippen LogP contribution in [0.4, 0.5) is 14.5 Å². The minimum absolute atomic E-state index is 0.0930. The van der Waals surface area contributed by atoms with Crippen molar-refractivity contribution in [3.63, 3.8) is 0 Å². The van der Waals surface area contributed by atoms with Crippen LogP contribution in [0.2, 0.25) is 0 Å². The Morgan fingerprint density at radius 2 is 1.55 bits per heavy atom. The maximum absolute atomic E-state index is 13.4. The zero-order valence-electron chi connectivity index (χ0n) is 17.8. The van der Waals surface area contributed by atoms with E-state index in [1.165, 1.54) is 36.4 Å². The Morgan fingerprint density at radius 1 is 0.939 bits per heavy atom. The molecule has 1 saturated heterocycles. The van der Waals surface area contributed by atoms with Crippen LogP contribution in [0, 0.1) is 17.6 Å². The van der Waals surface area contributed by atoms with E-state index < -0.39 is 6.10 Å². The van der Waals surface area contributed by atoms with Gasteiger partial charge in [-0.15, -0.1) is 0 Å². The number of aliphatic hydroxyl groups is 1. The molecule has 1 aliphatic heterocycles. The molecule has 0 aliphatic carbocycles. The summed E-state index contributed by atoms with van der Waals surface area (Å²) >= 11 is 0. The average Bonchev–Trinajstić information content (AvgIpc) is 2.83. The molecule has 3 unspecified atom stereocenters. The summed E-state index contributed by atoms with van der Waals surface area (Å²) in [7, 11) is 0. The molecule has 5 nitrogen and oxygen atoms in total. The number of benzene rings is 3. The van der Waals surface area contributed by atoms with Crippen molar-refractivity contribution in [3.05, 3.63) is 101 Å². The highest BCUT2D eigenvalue weighted by molar-refractivity contribution is 6.03. The van der Waals surface area contributed by atoms with Crippen LogP contribution < -0.4 is 10.2 Å². The first kappa shape index (κ1) is 22.6. The third kappa shape index (κ3) is 4.93. The molecule has 0 saturated carbocycles. The number of nitrogens with zero attached hydrogens (tertiary/aromatic N) is 1. The van der Waals surface area contributed by atoms with Gasteiger partial charge in [-0.05, 0) is 65.9 Å². The second kappa shape index (κ2) is 9.92. The van der Waals surface area contributed by atoms with Crippen LogP contribution in [0.15, 0.2) is 72.8 Å². The maximum Gasteiger partial charge on any atom is 0.233 e. The predicted octanol–water partition coefficient (Wildman–Crippen LogP) is 4.43. The number of anilines is 1. The Labute approximate surface area is 190 Å². The van der Waals surface area contributed by atoms with Crippen LogP contribution in [0.1, 0.15) is 41.7 Å². The highest BCUT2D eigenvalue weighted by atomic mass is 19.1. The summed E-state index contributed by atoms with van der Waals surface area (Å²) in [6, 6.07) is 18.8. The van der Waals surface area contributed by atoms with Crippen LogP contribution in [-0.4, -0.2) is 17.4 Å². The molecule has 0 radical (unpaired) electrons. The van der Waals surface area contributed by atoms with Gasteiger partial charge in [-0.25, -0.2) is 8.78 Å². The van der Waals surface area contributed by atoms with Crippen molar-refractivity contribution in [2.75, 3.05) is 4.90 Å². The van der Waals surface area contributed by atoms with Gasteiger partial charge >= 0.3 is 0 Å². The summed E-state index contributed by atoms with van der Waals surface area (Å²) in [5.74, 6) is -1.20. The van der Waals surface area contributed by atoms with Crippen molar-refractivity contribution in [2.45, 2.75) is 31.5 Å². The fraction of sp³-hybridized carbons (Fsp3) is 0.231. The molecule has 3 aromatic rings. The summed E-state index contributed by atoms with van der Waals surface area (Å²) in [4.78, 5) is 25.3. The third-order valence-corrected chi connectivity index (χ3v) is 6.04. The number of carbonyl (C=O) groups excluding carboxylic acids is 2. The number of rotatable bonds is 9. The Kier molecular flexibility index (Phi) is 6.79. The number of aliphatic hydroxyl groups excluding tert-OH is 1. The normalized spacial score (nSPS) is 18.5. The maximum atomic E-state index is 13.4. The Bertz CT molecular complexity index is 1100. The van der Waals surface area contributed by atoms with Gasteiger partial charge in [0.25, 0.3) is 0 Å². The van der Waals surface area contributed by atoms with E-state index in [0.717, 1.165) is 11.1 Å². The topological polar surface area (TPSA) is 69.6 Å². The van der Waals surface area contributed by atoms with Crippen LogP contribution >= 0.6 is 0 Å². The molecule has 0 aromatic heterocycles. The van der Waals surface area contributed by atoms with Crippen molar-refractivity contribution in [1.29, 1.82) is 0 Å². The molecule has 1 heterocycles.